The number of hydrogen-bond acceptors (Lipinski definition) is 5. The normalized spacial score (nSPS) is 37.2. The Kier molecular flexibility index (Phi) is 4.13. The summed E-state index contributed by atoms with van der Waals surface area (Å²) < 4.78 is 23.2. The van der Waals surface area contributed by atoms with E-state index in [2.05, 4.69) is 33.9 Å². The predicted molar refractivity (Wildman–Crippen MR) is 77.9 cm³/mol. The third kappa shape index (κ3) is 3.10. The molecule has 2 rings (SSSR count). The van der Waals surface area contributed by atoms with Crippen LogP contribution >= 0.6 is 0 Å². The zero-order valence-electron chi connectivity index (χ0n) is 13.6. The van der Waals surface area contributed by atoms with Gasteiger partial charge in [0.15, 0.2) is 20.4 Å². The van der Waals surface area contributed by atoms with Gasteiger partial charge in [-0.15, -0.1) is 0 Å². The first-order valence-electron chi connectivity index (χ1n) is 7.26. The highest BCUT2D eigenvalue weighted by atomic mass is 28.4. The monoisotopic (exact) mass is 304 g/mol. The van der Waals surface area contributed by atoms with E-state index in [-0.39, 0.29) is 17.2 Å². The third-order valence-electron chi connectivity index (χ3n) is 4.54. The molecule has 4 atom stereocenters. The van der Waals surface area contributed by atoms with E-state index in [0.29, 0.717) is 6.61 Å². The molecular weight excluding hydrogens is 276 g/mol. The fourth-order valence-electron chi connectivity index (χ4n) is 2.30. The first kappa shape index (κ1) is 16.4. The molecule has 2 aliphatic heterocycles. The average molecular weight is 304 g/mol. The van der Waals surface area contributed by atoms with E-state index in [9.17, 15) is 5.11 Å². The van der Waals surface area contributed by atoms with Crippen LogP contribution in [0.25, 0.3) is 0 Å². The zero-order chi connectivity index (χ0) is 15.3. The molecule has 2 heterocycles. The molecule has 2 fully saturated rings. The predicted octanol–water partition coefficient (Wildman–Crippen LogP) is 2.25. The molecule has 0 saturated carbocycles. The smallest absolute Gasteiger partial charge is 0.192 e. The van der Waals surface area contributed by atoms with Crippen molar-refractivity contribution in [2.75, 3.05) is 6.61 Å². The maximum atomic E-state index is 9.92. The highest BCUT2D eigenvalue weighted by Crippen LogP contribution is 2.40. The number of aliphatic hydroxyl groups is 1. The molecule has 0 spiro atoms. The minimum absolute atomic E-state index is 0.149. The molecule has 20 heavy (non-hydrogen) atoms. The van der Waals surface area contributed by atoms with Gasteiger partial charge < -0.3 is 23.7 Å². The lowest BCUT2D eigenvalue weighted by Gasteiger charge is -2.37. The number of hydrogen-bond donors (Lipinski definition) is 1. The largest absolute Gasteiger partial charge is 0.414 e. The lowest BCUT2D eigenvalue weighted by Crippen LogP contribution is -2.44. The molecule has 0 unspecified atom stereocenters. The second-order valence-corrected chi connectivity index (χ2v) is 12.5. The summed E-state index contributed by atoms with van der Waals surface area (Å²) in [6.07, 6.45) is -1.89. The minimum atomic E-state index is -1.83. The topological polar surface area (TPSA) is 57.2 Å². The summed E-state index contributed by atoms with van der Waals surface area (Å²) in [5.41, 5.74) is 0. The SMILES string of the molecule is CC1(C)O[C@@H]2[C@H](O1)[C@@H](O)O[C@H]2CO[Si](C)(C)C(C)(C)C. The molecule has 5 nitrogen and oxygen atoms in total. The summed E-state index contributed by atoms with van der Waals surface area (Å²) in [7, 11) is -1.83. The van der Waals surface area contributed by atoms with E-state index >= 15 is 0 Å². The lowest BCUT2D eigenvalue weighted by atomic mass is 10.1. The van der Waals surface area contributed by atoms with Crippen molar-refractivity contribution >= 4 is 8.32 Å². The molecule has 2 aliphatic rings. The quantitative estimate of drug-likeness (QED) is 0.810. The summed E-state index contributed by atoms with van der Waals surface area (Å²) in [5, 5.41) is 10.1. The lowest BCUT2D eigenvalue weighted by molar-refractivity contribution is -0.222. The Bertz CT molecular complexity index is 363. The van der Waals surface area contributed by atoms with E-state index in [1.54, 1.807) is 0 Å². The minimum Gasteiger partial charge on any atom is -0.414 e. The number of aliphatic hydroxyl groups excluding tert-OH is 1. The number of fused-ring (bicyclic) bond motifs is 1. The van der Waals surface area contributed by atoms with Crippen LogP contribution in [0.1, 0.15) is 34.6 Å². The van der Waals surface area contributed by atoms with Crippen molar-refractivity contribution in [1.82, 2.24) is 0 Å². The van der Waals surface area contributed by atoms with Gasteiger partial charge in [0.2, 0.25) is 0 Å². The Hall–Kier alpha value is 0.0169. The molecule has 1 N–H and O–H groups in total. The standard InChI is InChI=1S/C14H28O5Si/c1-13(2,3)20(6,7)16-8-9-10-11(12(15)17-9)19-14(4,5)18-10/h9-12,15H,8H2,1-7H3/t9-,10-,11-,12-/m0/s1. The van der Waals surface area contributed by atoms with Gasteiger partial charge in [0, 0.05) is 0 Å². The molecule has 0 aromatic rings. The summed E-state index contributed by atoms with van der Waals surface area (Å²) in [6, 6.07) is 0. The van der Waals surface area contributed by atoms with Crippen molar-refractivity contribution in [3.05, 3.63) is 0 Å². The van der Waals surface area contributed by atoms with Gasteiger partial charge in [-0.1, -0.05) is 20.8 Å². The summed E-state index contributed by atoms with van der Waals surface area (Å²) in [5.74, 6) is -0.671. The van der Waals surface area contributed by atoms with Crippen LogP contribution in [0, 0.1) is 0 Å². The number of ether oxygens (including phenoxy) is 3. The van der Waals surface area contributed by atoms with E-state index < -0.39 is 26.5 Å². The maximum absolute atomic E-state index is 9.92. The van der Waals surface area contributed by atoms with Crippen LogP contribution in [-0.4, -0.2) is 50.4 Å². The summed E-state index contributed by atoms with van der Waals surface area (Å²) in [4.78, 5) is 0. The molecule has 0 aromatic heterocycles. The molecule has 0 amide bonds. The van der Waals surface area contributed by atoms with Crippen molar-refractivity contribution in [1.29, 1.82) is 0 Å². The van der Waals surface area contributed by atoms with Crippen molar-refractivity contribution < 1.29 is 23.7 Å². The molecular formula is C14H28O5Si. The van der Waals surface area contributed by atoms with Gasteiger partial charge in [-0.3, -0.25) is 0 Å². The van der Waals surface area contributed by atoms with Crippen LogP contribution < -0.4 is 0 Å². The van der Waals surface area contributed by atoms with Gasteiger partial charge in [-0.2, -0.15) is 0 Å². The van der Waals surface area contributed by atoms with Gasteiger partial charge in [0.1, 0.15) is 18.3 Å². The number of rotatable bonds is 3. The Morgan fingerprint density at radius 3 is 2.25 bits per heavy atom. The van der Waals surface area contributed by atoms with Crippen molar-refractivity contribution in [3.8, 4) is 0 Å². The van der Waals surface area contributed by atoms with Gasteiger partial charge in [-0.05, 0) is 32.0 Å². The van der Waals surface area contributed by atoms with E-state index in [0.717, 1.165) is 0 Å². The van der Waals surface area contributed by atoms with Crippen LogP contribution in [0.4, 0.5) is 0 Å². The molecule has 0 aliphatic carbocycles. The molecule has 118 valence electrons. The Morgan fingerprint density at radius 2 is 1.70 bits per heavy atom. The van der Waals surface area contributed by atoms with Crippen molar-refractivity contribution in [3.63, 3.8) is 0 Å². The highest BCUT2D eigenvalue weighted by Gasteiger charge is 2.55. The second kappa shape index (κ2) is 5.03. The first-order valence-corrected chi connectivity index (χ1v) is 10.2. The van der Waals surface area contributed by atoms with Gasteiger partial charge >= 0.3 is 0 Å². The van der Waals surface area contributed by atoms with Crippen LogP contribution in [0.2, 0.25) is 18.1 Å². The van der Waals surface area contributed by atoms with Gasteiger partial charge in [0.05, 0.1) is 6.61 Å². The van der Waals surface area contributed by atoms with Crippen molar-refractivity contribution in [2.24, 2.45) is 0 Å². The fourth-order valence-corrected chi connectivity index (χ4v) is 3.31. The summed E-state index contributed by atoms with van der Waals surface area (Å²) >= 11 is 0. The Morgan fingerprint density at radius 1 is 1.15 bits per heavy atom. The van der Waals surface area contributed by atoms with E-state index in [1.807, 2.05) is 13.8 Å². The molecule has 0 aromatic carbocycles. The second-order valence-electron chi connectivity index (χ2n) is 7.70. The van der Waals surface area contributed by atoms with E-state index in [1.165, 1.54) is 0 Å². The van der Waals surface area contributed by atoms with Crippen molar-refractivity contribution in [2.45, 2.75) is 83.1 Å². The van der Waals surface area contributed by atoms with Crippen LogP contribution in [0.15, 0.2) is 0 Å². The van der Waals surface area contributed by atoms with Crippen LogP contribution in [0.3, 0.4) is 0 Å². The molecule has 2 saturated heterocycles. The third-order valence-corrected chi connectivity index (χ3v) is 9.04. The van der Waals surface area contributed by atoms with Crippen LogP contribution in [-0.2, 0) is 18.6 Å². The zero-order valence-corrected chi connectivity index (χ0v) is 14.6. The molecule has 0 radical (unpaired) electrons. The maximum Gasteiger partial charge on any atom is 0.192 e. The van der Waals surface area contributed by atoms with E-state index in [4.69, 9.17) is 18.6 Å². The Labute approximate surface area is 122 Å². The fraction of sp³-hybridized carbons (Fsp3) is 1.00. The van der Waals surface area contributed by atoms with Gasteiger partial charge in [-0.25, -0.2) is 0 Å². The molecule has 6 heteroatoms. The summed E-state index contributed by atoms with van der Waals surface area (Å²) in [6.45, 7) is 15.1. The first-order chi connectivity index (χ1) is 8.93. The average Bonchev–Trinajstić information content (AvgIpc) is 2.70. The Balaban J connectivity index is 1.98. The van der Waals surface area contributed by atoms with Crippen LogP contribution in [0.5, 0.6) is 0 Å². The highest BCUT2D eigenvalue weighted by molar-refractivity contribution is 6.74. The molecule has 0 bridgehead atoms. The van der Waals surface area contributed by atoms with Gasteiger partial charge in [0.25, 0.3) is 0 Å².